The average molecular weight is 362 g/mol. The predicted molar refractivity (Wildman–Crippen MR) is 99.1 cm³/mol. The normalized spacial score (nSPS) is 10.9. The van der Waals surface area contributed by atoms with Crippen LogP contribution in [0.3, 0.4) is 0 Å². The summed E-state index contributed by atoms with van der Waals surface area (Å²) in [4.78, 5) is 24.4. The molecule has 134 valence electrons. The van der Waals surface area contributed by atoms with Gasteiger partial charge in [-0.2, -0.15) is 0 Å². The molecule has 7 heteroatoms. The minimum Gasteiger partial charge on any atom is -0.481 e. The molecular weight excluding hydrogens is 347 g/mol. The van der Waals surface area contributed by atoms with E-state index < -0.39 is 5.82 Å². The van der Waals surface area contributed by atoms with E-state index in [2.05, 4.69) is 15.0 Å². The summed E-state index contributed by atoms with van der Waals surface area (Å²) < 4.78 is 21.3. The number of hydrogen-bond donors (Lipinski definition) is 0. The molecule has 0 radical (unpaired) electrons. The van der Waals surface area contributed by atoms with Crippen molar-refractivity contribution in [2.24, 2.45) is 0 Å². The smallest absolute Gasteiger partial charge is 0.269 e. The average Bonchev–Trinajstić information content (AvgIpc) is 2.71. The van der Waals surface area contributed by atoms with E-state index in [1.807, 2.05) is 0 Å². The quantitative estimate of drug-likeness (QED) is 0.558. The SMILES string of the molecule is COc1cc(-c2ccc(Cn3c(=O)cnc4ncccc43)c(F)c2)ccn1. The van der Waals surface area contributed by atoms with Crippen LogP contribution in [0.2, 0.25) is 0 Å². The van der Waals surface area contributed by atoms with Crippen molar-refractivity contribution in [1.29, 1.82) is 0 Å². The molecular formula is C20H15FN4O2. The number of benzene rings is 1. The molecule has 0 aliphatic heterocycles. The van der Waals surface area contributed by atoms with Gasteiger partial charge in [0, 0.05) is 24.0 Å². The Morgan fingerprint density at radius 2 is 1.89 bits per heavy atom. The van der Waals surface area contributed by atoms with E-state index in [1.165, 1.54) is 23.9 Å². The molecule has 1 aromatic carbocycles. The number of halogens is 1. The van der Waals surface area contributed by atoms with Gasteiger partial charge in [-0.25, -0.2) is 19.3 Å². The second kappa shape index (κ2) is 6.95. The summed E-state index contributed by atoms with van der Waals surface area (Å²) >= 11 is 0. The fourth-order valence-electron chi connectivity index (χ4n) is 2.89. The van der Waals surface area contributed by atoms with Gasteiger partial charge >= 0.3 is 0 Å². The first-order valence-corrected chi connectivity index (χ1v) is 8.25. The molecule has 0 saturated heterocycles. The maximum Gasteiger partial charge on any atom is 0.269 e. The minimum atomic E-state index is -0.399. The summed E-state index contributed by atoms with van der Waals surface area (Å²) in [6.45, 7) is 0.0926. The van der Waals surface area contributed by atoms with Crippen LogP contribution in [0.5, 0.6) is 5.88 Å². The molecule has 0 N–H and O–H groups in total. The molecule has 3 aromatic heterocycles. The molecule has 27 heavy (non-hydrogen) atoms. The molecule has 4 rings (SSSR count). The van der Waals surface area contributed by atoms with Crippen molar-refractivity contribution in [1.82, 2.24) is 19.5 Å². The maximum atomic E-state index is 14.7. The summed E-state index contributed by atoms with van der Waals surface area (Å²) in [6.07, 6.45) is 4.41. The Labute approximate surface area is 153 Å². The third kappa shape index (κ3) is 3.27. The summed E-state index contributed by atoms with van der Waals surface area (Å²) in [5.74, 6) is 0.0586. The maximum absolute atomic E-state index is 14.7. The van der Waals surface area contributed by atoms with Crippen LogP contribution in [0.4, 0.5) is 4.39 Å². The summed E-state index contributed by atoms with van der Waals surface area (Å²) in [5.41, 5.74) is 2.59. The zero-order chi connectivity index (χ0) is 18.8. The largest absolute Gasteiger partial charge is 0.481 e. The van der Waals surface area contributed by atoms with E-state index in [-0.39, 0.29) is 12.1 Å². The standard InChI is InChI=1S/C20H15FN4O2/c1-27-18-10-14(6-8-22-18)13-4-5-15(16(21)9-13)12-25-17-3-2-7-23-20(17)24-11-19(25)26/h2-11H,12H2,1H3. The Hall–Kier alpha value is -3.61. The number of hydrogen-bond acceptors (Lipinski definition) is 5. The van der Waals surface area contributed by atoms with Crippen molar-refractivity contribution >= 4 is 11.2 Å². The van der Waals surface area contributed by atoms with Crippen LogP contribution in [-0.2, 0) is 6.54 Å². The molecule has 0 spiro atoms. The molecule has 6 nitrogen and oxygen atoms in total. The zero-order valence-corrected chi connectivity index (χ0v) is 14.5. The Morgan fingerprint density at radius 3 is 2.70 bits per heavy atom. The van der Waals surface area contributed by atoms with Crippen molar-refractivity contribution in [3.05, 3.63) is 82.8 Å². The highest BCUT2D eigenvalue weighted by Crippen LogP contribution is 2.24. The van der Waals surface area contributed by atoms with E-state index in [9.17, 15) is 9.18 Å². The zero-order valence-electron chi connectivity index (χ0n) is 14.5. The van der Waals surface area contributed by atoms with Gasteiger partial charge in [0.15, 0.2) is 5.65 Å². The number of fused-ring (bicyclic) bond motifs is 1. The van der Waals surface area contributed by atoms with Gasteiger partial charge in [0.05, 0.1) is 25.4 Å². The van der Waals surface area contributed by atoms with E-state index in [1.54, 1.807) is 48.8 Å². The monoisotopic (exact) mass is 362 g/mol. The number of nitrogens with zero attached hydrogens (tertiary/aromatic N) is 4. The third-order valence-electron chi connectivity index (χ3n) is 4.28. The number of pyridine rings is 2. The second-order valence-corrected chi connectivity index (χ2v) is 5.92. The van der Waals surface area contributed by atoms with Gasteiger partial charge in [0.2, 0.25) is 5.88 Å². The Morgan fingerprint density at radius 1 is 1.04 bits per heavy atom. The lowest BCUT2D eigenvalue weighted by Gasteiger charge is -2.11. The second-order valence-electron chi connectivity index (χ2n) is 5.92. The van der Waals surface area contributed by atoms with Crippen LogP contribution in [0.25, 0.3) is 22.3 Å². The van der Waals surface area contributed by atoms with Gasteiger partial charge in [0.1, 0.15) is 5.82 Å². The molecule has 0 bridgehead atoms. The number of methoxy groups -OCH3 is 1. The fraction of sp³-hybridized carbons (Fsp3) is 0.100. The molecule has 0 atom stereocenters. The Balaban J connectivity index is 1.72. The lowest BCUT2D eigenvalue weighted by molar-refractivity contribution is 0.398. The van der Waals surface area contributed by atoms with Gasteiger partial charge in [-0.05, 0) is 35.4 Å². The third-order valence-corrected chi connectivity index (χ3v) is 4.28. The van der Waals surface area contributed by atoms with Crippen LogP contribution in [0, 0.1) is 5.82 Å². The van der Waals surface area contributed by atoms with Crippen molar-refractivity contribution in [2.75, 3.05) is 7.11 Å². The van der Waals surface area contributed by atoms with E-state index >= 15 is 0 Å². The molecule has 0 aliphatic rings. The minimum absolute atomic E-state index is 0.0926. The first kappa shape index (κ1) is 16.8. The highest BCUT2D eigenvalue weighted by molar-refractivity contribution is 5.69. The lowest BCUT2D eigenvalue weighted by Crippen LogP contribution is -2.21. The van der Waals surface area contributed by atoms with Gasteiger partial charge in [0.25, 0.3) is 5.56 Å². The summed E-state index contributed by atoms with van der Waals surface area (Å²) in [5, 5.41) is 0. The van der Waals surface area contributed by atoms with Crippen LogP contribution in [-0.4, -0.2) is 26.6 Å². The van der Waals surface area contributed by atoms with Gasteiger partial charge in [-0.3, -0.25) is 9.36 Å². The van der Waals surface area contributed by atoms with Crippen molar-refractivity contribution in [3.8, 4) is 17.0 Å². The van der Waals surface area contributed by atoms with Crippen molar-refractivity contribution in [3.63, 3.8) is 0 Å². The van der Waals surface area contributed by atoms with Gasteiger partial charge in [-0.15, -0.1) is 0 Å². The highest BCUT2D eigenvalue weighted by Gasteiger charge is 2.10. The topological polar surface area (TPSA) is 69.9 Å². The number of aromatic nitrogens is 4. The molecule has 0 unspecified atom stereocenters. The molecule has 4 aromatic rings. The van der Waals surface area contributed by atoms with E-state index in [0.29, 0.717) is 28.2 Å². The lowest BCUT2D eigenvalue weighted by atomic mass is 10.0. The van der Waals surface area contributed by atoms with E-state index in [4.69, 9.17) is 4.74 Å². The first-order chi connectivity index (χ1) is 13.2. The van der Waals surface area contributed by atoms with Crippen LogP contribution < -0.4 is 10.3 Å². The molecule has 0 amide bonds. The van der Waals surface area contributed by atoms with Crippen molar-refractivity contribution < 1.29 is 9.13 Å². The highest BCUT2D eigenvalue weighted by atomic mass is 19.1. The molecule has 0 aliphatic carbocycles. The van der Waals surface area contributed by atoms with Crippen LogP contribution >= 0.6 is 0 Å². The van der Waals surface area contributed by atoms with Crippen molar-refractivity contribution in [2.45, 2.75) is 6.54 Å². The predicted octanol–water partition coefficient (Wildman–Crippen LogP) is 3.05. The van der Waals surface area contributed by atoms with Gasteiger partial charge in [-0.1, -0.05) is 12.1 Å². The number of ether oxygens (including phenoxy) is 1. The summed E-state index contributed by atoms with van der Waals surface area (Å²) in [7, 11) is 1.53. The molecule has 3 heterocycles. The fourth-order valence-corrected chi connectivity index (χ4v) is 2.89. The van der Waals surface area contributed by atoms with Gasteiger partial charge < -0.3 is 4.74 Å². The molecule has 0 fully saturated rings. The Kier molecular flexibility index (Phi) is 4.33. The van der Waals surface area contributed by atoms with E-state index in [0.717, 1.165) is 5.56 Å². The first-order valence-electron chi connectivity index (χ1n) is 8.25. The molecule has 0 saturated carbocycles. The summed E-state index contributed by atoms with van der Waals surface area (Å²) in [6, 6.07) is 11.9. The van der Waals surface area contributed by atoms with Crippen LogP contribution in [0.1, 0.15) is 5.56 Å². The number of rotatable bonds is 4. The Bertz CT molecular complexity index is 1190. The van der Waals surface area contributed by atoms with Crippen LogP contribution in [0.15, 0.2) is 65.8 Å².